The van der Waals surface area contributed by atoms with Crippen molar-refractivity contribution >= 4 is 27.3 Å². The van der Waals surface area contributed by atoms with E-state index in [1.54, 1.807) is 32.3 Å². The van der Waals surface area contributed by atoms with Crippen LogP contribution in [-0.4, -0.2) is 65.6 Å². The van der Waals surface area contributed by atoms with Gasteiger partial charge in [0.05, 0.1) is 31.2 Å². The van der Waals surface area contributed by atoms with Crippen LogP contribution >= 0.6 is 0 Å². The van der Waals surface area contributed by atoms with Crippen molar-refractivity contribution in [2.75, 3.05) is 46.3 Å². The van der Waals surface area contributed by atoms with Crippen LogP contribution in [0.5, 0.6) is 11.6 Å². The van der Waals surface area contributed by atoms with Crippen LogP contribution in [0.15, 0.2) is 35.4 Å². The molecule has 0 saturated carbocycles. The van der Waals surface area contributed by atoms with Crippen LogP contribution < -0.4 is 19.1 Å². The highest BCUT2D eigenvalue weighted by molar-refractivity contribution is 7.89. The third kappa shape index (κ3) is 3.60. The molecule has 0 radical (unpaired) electrons. The number of nitrogens with one attached hydrogen (secondary N) is 1. The lowest BCUT2D eigenvalue weighted by Crippen LogP contribution is -2.30. The fourth-order valence-electron chi connectivity index (χ4n) is 2.90. The molecule has 0 unspecified atom stereocenters. The van der Waals surface area contributed by atoms with Crippen molar-refractivity contribution in [1.82, 2.24) is 14.6 Å². The quantitative estimate of drug-likeness (QED) is 0.797. The smallest absolute Gasteiger partial charge is 0.253 e. The Morgan fingerprint density at radius 3 is 2.71 bits per heavy atom. The molecule has 0 bridgehead atoms. The molecule has 150 valence electrons. The number of carbonyl (C=O) groups is 1. The van der Waals surface area contributed by atoms with E-state index in [2.05, 4.69) is 9.71 Å². The van der Waals surface area contributed by atoms with E-state index in [9.17, 15) is 13.2 Å². The summed E-state index contributed by atoms with van der Waals surface area (Å²) in [6.45, 7) is 0.883. The van der Waals surface area contributed by atoms with Gasteiger partial charge in [0.1, 0.15) is 17.3 Å². The molecule has 0 aliphatic carbocycles. The van der Waals surface area contributed by atoms with Gasteiger partial charge in [-0.3, -0.25) is 4.79 Å². The minimum atomic E-state index is -3.77. The molecule has 1 aliphatic rings. The minimum Gasteiger partial charge on any atom is -0.490 e. The highest BCUT2D eigenvalue weighted by Gasteiger charge is 2.26. The van der Waals surface area contributed by atoms with Crippen LogP contribution in [0.3, 0.4) is 0 Å². The molecule has 1 aromatic heterocycles. The fraction of sp³-hybridized carbons (Fsp3) is 0.333. The summed E-state index contributed by atoms with van der Waals surface area (Å²) in [5.41, 5.74) is 1.72. The molecule has 0 saturated heterocycles. The van der Waals surface area contributed by atoms with Crippen LogP contribution in [0.1, 0.15) is 10.4 Å². The maximum atomic E-state index is 12.4. The molecule has 9 nitrogen and oxygen atoms in total. The lowest BCUT2D eigenvalue weighted by Gasteiger charge is -2.31. The molecule has 0 spiro atoms. The molecule has 0 fully saturated rings. The fourth-order valence-corrected chi connectivity index (χ4v) is 3.76. The van der Waals surface area contributed by atoms with Crippen LogP contribution in [0.4, 0.5) is 11.4 Å². The number of ether oxygens (including phenoxy) is 2. The molecule has 0 atom stereocenters. The minimum absolute atomic E-state index is 0.00289. The summed E-state index contributed by atoms with van der Waals surface area (Å²) in [6.07, 6.45) is 1.53. The van der Waals surface area contributed by atoms with E-state index in [0.29, 0.717) is 35.8 Å². The molecule has 1 aromatic carbocycles. The topological polar surface area (TPSA) is 101 Å². The SMILES string of the molecule is CNS(=O)(=O)c1cc(N2CCOc3ccc(C(=O)N(C)C)cc32)cnc1OC. The van der Waals surface area contributed by atoms with E-state index >= 15 is 0 Å². The molecule has 1 aliphatic heterocycles. The highest BCUT2D eigenvalue weighted by Crippen LogP contribution is 2.38. The third-order valence-corrected chi connectivity index (χ3v) is 5.75. The third-order valence-electron chi connectivity index (χ3n) is 4.34. The first-order valence-electron chi connectivity index (χ1n) is 8.52. The van der Waals surface area contributed by atoms with Gasteiger partial charge in [0.25, 0.3) is 5.91 Å². The second-order valence-electron chi connectivity index (χ2n) is 6.29. The first-order valence-corrected chi connectivity index (χ1v) is 10.0. The predicted octanol–water partition coefficient (Wildman–Crippen LogP) is 1.23. The number of aromatic nitrogens is 1. The Morgan fingerprint density at radius 1 is 1.32 bits per heavy atom. The number of rotatable bonds is 5. The van der Waals surface area contributed by atoms with E-state index in [1.807, 2.05) is 4.90 Å². The van der Waals surface area contributed by atoms with Crippen molar-refractivity contribution in [3.8, 4) is 11.6 Å². The molecular formula is C18H22N4O5S. The number of pyridine rings is 1. The summed E-state index contributed by atoms with van der Waals surface area (Å²) >= 11 is 0. The van der Waals surface area contributed by atoms with Crippen molar-refractivity contribution in [1.29, 1.82) is 0 Å². The Hall–Kier alpha value is -2.85. The lowest BCUT2D eigenvalue weighted by atomic mass is 10.1. The number of fused-ring (bicyclic) bond motifs is 1. The van der Waals surface area contributed by atoms with Crippen molar-refractivity contribution < 1.29 is 22.7 Å². The normalized spacial score (nSPS) is 13.5. The number of methoxy groups -OCH3 is 1. The summed E-state index contributed by atoms with van der Waals surface area (Å²) in [4.78, 5) is 19.8. The maximum Gasteiger partial charge on any atom is 0.253 e. The van der Waals surface area contributed by atoms with Crippen molar-refractivity contribution in [2.45, 2.75) is 4.90 Å². The first-order chi connectivity index (χ1) is 13.3. The second kappa shape index (κ2) is 7.64. The monoisotopic (exact) mass is 406 g/mol. The van der Waals surface area contributed by atoms with Gasteiger partial charge in [-0.15, -0.1) is 0 Å². The Morgan fingerprint density at radius 2 is 2.07 bits per heavy atom. The van der Waals surface area contributed by atoms with E-state index < -0.39 is 10.0 Å². The van der Waals surface area contributed by atoms with E-state index in [4.69, 9.17) is 9.47 Å². The van der Waals surface area contributed by atoms with E-state index in [0.717, 1.165) is 0 Å². The molecule has 1 N–H and O–H groups in total. The summed E-state index contributed by atoms with van der Waals surface area (Å²) in [6, 6.07) is 6.66. The number of nitrogens with zero attached hydrogens (tertiary/aromatic N) is 3. The molecule has 10 heteroatoms. The number of amides is 1. The number of hydrogen-bond acceptors (Lipinski definition) is 7. The zero-order chi connectivity index (χ0) is 20.5. The summed E-state index contributed by atoms with van der Waals surface area (Å²) in [7, 11) is 2.27. The standard InChI is InChI=1S/C18H22N4O5S/c1-19-28(24,25)16-10-13(11-20-17(16)26-4)22-7-8-27-15-6-5-12(9-14(15)22)18(23)21(2)3/h5-6,9-11,19H,7-8H2,1-4H3. The maximum absolute atomic E-state index is 12.4. The molecule has 1 amide bonds. The van der Waals surface area contributed by atoms with Crippen LogP contribution in [0.2, 0.25) is 0 Å². The molecule has 28 heavy (non-hydrogen) atoms. The average molecular weight is 406 g/mol. The largest absolute Gasteiger partial charge is 0.490 e. The van der Waals surface area contributed by atoms with Gasteiger partial charge in [-0.2, -0.15) is 0 Å². The van der Waals surface area contributed by atoms with Gasteiger partial charge < -0.3 is 19.3 Å². The van der Waals surface area contributed by atoms with Crippen molar-refractivity contribution in [3.63, 3.8) is 0 Å². The summed E-state index contributed by atoms with van der Waals surface area (Å²) in [5, 5.41) is 0. The zero-order valence-corrected chi connectivity index (χ0v) is 16.9. The van der Waals surface area contributed by atoms with Crippen LogP contribution in [-0.2, 0) is 10.0 Å². The van der Waals surface area contributed by atoms with Gasteiger partial charge >= 0.3 is 0 Å². The van der Waals surface area contributed by atoms with Gasteiger partial charge in [0, 0.05) is 19.7 Å². The highest BCUT2D eigenvalue weighted by atomic mass is 32.2. The van der Waals surface area contributed by atoms with Crippen molar-refractivity contribution in [3.05, 3.63) is 36.0 Å². The van der Waals surface area contributed by atoms with E-state index in [1.165, 1.54) is 31.3 Å². The summed E-state index contributed by atoms with van der Waals surface area (Å²) < 4.78 is 37.8. The molecule has 2 heterocycles. The van der Waals surface area contributed by atoms with Crippen LogP contribution in [0, 0.1) is 0 Å². The van der Waals surface area contributed by atoms with E-state index in [-0.39, 0.29) is 16.7 Å². The molecule has 2 aromatic rings. The number of sulfonamides is 1. The Labute approximate surface area is 163 Å². The first kappa shape index (κ1) is 19.9. The lowest BCUT2D eigenvalue weighted by molar-refractivity contribution is 0.0827. The number of benzene rings is 1. The van der Waals surface area contributed by atoms with Gasteiger partial charge in [-0.25, -0.2) is 18.1 Å². The van der Waals surface area contributed by atoms with Crippen molar-refractivity contribution in [2.24, 2.45) is 0 Å². The molecular weight excluding hydrogens is 384 g/mol. The molecule has 3 rings (SSSR count). The Balaban J connectivity index is 2.11. The van der Waals surface area contributed by atoms with Gasteiger partial charge in [0.2, 0.25) is 15.9 Å². The number of anilines is 2. The number of hydrogen-bond donors (Lipinski definition) is 1. The van der Waals surface area contributed by atoms with Gasteiger partial charge in [-0.05, 0) is 31.3 Å². The predicted molar refractivity (Wildman–Crippen MR) is 104 cm³/mol. The zero-order valence-electron chi connectivity index (χ0n) is 16.1. The van der Waals surface area contributed by atoms with Gasteiger partial charge in [0.15, 0.2) is 0 Å². The van der Waals surface area contributed by atoms with Crippen LogP contribution in [0.25, 0.3) is 0 Å². The Kier molecular flexibility index (Phi) is 5.43. The average Bonchev–Trinajstić information content (AvgIpc) is 2.71. The summed E-state index contributed by atoms with van der Waals surface area (Å²) in [5.74, 6) is 0.471. The Bertz CT molecular complexity index is 1010. The second-order valence-corrected chi connectivity index (χ2v) is 8.15. The number of carbonyl (C=O) groups excluding carboxylic acids is 1. The van der Waals surface area contributed by atoms with Gasteiger partial charge in [-0.1, -0.05) is 0 Å².